The molecule has 0 radical (unpaired) electrons. The Morgan fingerprint density at radius 1 is 1.23 bits per heavy atom. The van der Waals surface area contributed by atoms with Crippen LogP contribution in [0.3, 0.4) is 0 Å². The number of carbonyl (C=O) groups is 3. The van der Waals surface area contributed by atoms with Crippen molar-refractivity contribution in [1.29, 1.82) is 0 Å². The number of halogens is 1. The largest absolute Gasteiger partial charge is 0.465 e. The predicted octanol–water partition coefficient (Wildman–Crippen LogP) is 3.51. The summed E-state index contributed by atoms with van der Waals surface area (Å²) in [6.45, 7) is 2.57. The third-order valence-electron chi connectivity index (χ3n) is 6.91. The number of hydrogen-bond acceptors (Lipinski definition) is 7. The van der Waals surface area contributed by atoms with Gasteiger partial charge in [-0.05, 0) is 30.2 Å². The molecule has 1 aromatic carbocycles. The summed E-state index contributed by atoms with van der Waals surface area (Å²) in [4.78, 5) is 48.1. The van der Waals surface area contributed by atoms with E-state index < -0.39 is 42.4 Å². The second kappa shape index (κ2) is 10.5. The van der Waals surface area contributed by atoms with E-state index in [1.54, 1.807) is 20.0 Å². The molecule has 1 saturated carbocycles. The zero-order chi connectivity index (χ0) is 25.0. The van der Waals surface area contributed by atoms with Crippen LogP contribution in [0.15, 0.2) is 41.7 Å². The van der Waals surface area contributed by atoms with Crippen molar-refractivity contribution in [2.45, 2.75) is 57.6 Å². The van der Waals surface area contributed by atoms with Crippen LogP contribution in [0, 0.1) is 11.8 Å². The molecule has 0 bridgehead atoms. The van der Waals surface area contributed by atoms with Gasteiger partial charge in [0.05, 0.1) is 18.7 Å². The van der Waals surface area contributed by atoms with Crippen LogP contribution in [0.5, 0.6) is 0 Å². The molecule has 8 nitrogen and oxygen atoms in total. The summed E-state index contributed by atoms with van der Waals surface area (Å²) in [7, 11) is 0. The summed E-state index contributed by atoms with van der Waals surface area (Å²) in [6, 6.07) is 8.22. The summed E-state index contributed by atoms with van der Waals surface area (Å²) in [5, 5.41) is 8.58. The van der Waals surface area contributed by atoms with Gasteiger partial charge in [-0.25, -0.2) is 4.39 Å². The van der Waals surface area contributed by atoms with E-state index in [1.807, 2.05) is 30.3 Å². The number of ketones is 1. The lowest BCUT2D eigenvalue weighted by Gasteiger charge is -2.31. The fraction of sp³-hybridized carbons (Fsp3) is 0.500. The first kappa shape index (κ1) is 24.8. The van der Waals surface area contributed by atoms with Crippen molar-refractivity contribution in [3.8, 4) is 0 Å². The maximum absolute atomic E-state index is 13.4. The number of nitrogens with one attached hydrogen (secondary N) is 1. The maximum atomic E-state index is 13.4. The van der Waals surface area contributed by atoms with Crippen LogP contribution in [0.25, 0.3) is 10.8 Å². The average Bonchev–Trinajstić information content (AvgIpc) is 3.28. The van der Waals surface area contributed by atoms with Crippen molar-refractivity contribution >= 4 is 34.1 Å². The number of esters is 1. The summed E-state index contributed by atoms with van der Waals surface area (Å²) in [5.74, 6) is -2.19. The van der Waals surface area contributed by atoms with Crippen LogP contribution >= 0.6 is 0 Å². The van der Waals surface area contributed by atoms with Gasteiger partial charge in [-0.15, -0.1) is 0 Å². The molecular weight excluding hydrogens is 453 g/mol. The lowest BCUT2D eigenvalue weighted by molar-refractivity contribution is -0.153. The highest BCUT2D eigenvalue weighted by Gasteiger charge is 2.51. The van der Waals surface area contributed by atoms with Gasteiger partial charge in [-0.3, -0.25) is 19.4 Å². The average molecular weight is 484 g/mol. The SMILES string of the molecule is CC(C)[C@@]1(C(=O)N[C@@H](CC(=O)OCC2CCC2)C(=O)CF)CC(c2nccc3ccccc23)=NO1. The van der Waals surface area contributed by atoms with Gasteiger partial charge in [-0.2, -0.15) is 0 Å². The summed E-state index contributed by atoms with van der Waals surface area (Å²) >= 11 is 0. The molecule has 1 aliphatic heterocycles. The first-order chi connectivity index (χ1) is 16.8. The number of carbonyl (C=O) groups excluding carboxylic acids is 3. The van der Waals surface area contributed by atoms with Crippen molar-refractivity contribution < 1.29 is 28.3 Å². The van der Waals surface area contributed by atoms with Crippen LogP contribution in [0.1, 0.15) is 51.6 Å². The predicted molar refractivity (Wildman–Crippen MR) is 127 cm³/mol. The summed E-state index contributed by atoms with van der Waals surface area (Å²) < 4.78 is 18.5. The van der Waals surface area contributed by atoms with E-state index in [0.29, 0.717) is 17.3 Å². The first-order valence-corrected chi connectivity index (χ1v) is 12.0. The normalized spacial score (nSPS) is 20.6. The van der Waals surface area contributed by atoms with Crippen molar-refractivity contribution in [3.63, 3.8) is 0 Å². The molecule has 0 spiro atoms. The maximum Gasteiger partial charge on any atom is 0.308 e. The molecule has 1 amide bonds. The highest BCUT2D eigenvalue weighted by Crippen LogP contribution is 2.35. The number of Topliss-reactive ketones (excluding diaryl/α,β-unsaturated/α-hetero) is 1. The van der Waals surface area contributed by atoms with Crippen LogP contribution in [-0.4, -0.2) is 53.3 Å². The number of aromatic nitrogens is 1. The smallest absolute Gasteiger partial charge is 0.308 e. The van der Waals surface area contributed by atoms with Gasteiger partial charge in [0.25, 0.3) is 5.91 Å². The highest BCUT2D eigenvalue weighted by molar-refractivity contribution is 6.12. The number of amides is 1. The third kappa shape index (κ3) is 5.18. The second-order valence-corrected chi connectivity index (χ2v) is 9.54. The topological polar surface area (TPSA) is 107 Å². The monoisotopic (exact) mass is 483 g/mol. The molecule has 0 saturated heterocycles. The quantitative estimate of drug-likeness (QED) is 0.519. The second-order valence-electron chi connectivity index (χ2n) is 9.54. The van der Waals surface area contributed by atoms with E-state index in [2.05, 4.69) is 15.5 Å². The molecule has 1 aromatic heterocycles. The van der Waals surface area contributed by atoms with Gasteiger partial charge >= 0.3 is 5.97 Å². The number of ether oxygens (including phenoxy) is 1. The fourth-order valence-corrected chi connectivity index (χ4v) is 4.33. The zero-order valence-electron chi connectivity index (χ0n) is 20.0. The minimum Gasteiger partial charge on any atom is -0.465 e. The molecular formula is C26H30FN3O5. The van der Waals surface area contributed by atoms with Crippen molar-refractivity contribution in [3.05, 3.63) is 42.2 Å². The lowest BCUT2D eigenvalue weighted by Crippen LogP contribution is -2.55. The minimum atomic E-state index is -1.43. The number of fused-ring (bicyclic) bond motifs is 1. The van der Waals surface area contributed by atoms with Gasteiger partial charge in [-0.1, -0.05) is 49.7 Å². The molecule has 9 heteroatoms. The number of rotatable bonds is 10. The molecule has 2 aliphatic rings. The molecule has 4 rings (SSSR count). The number of oxime groups is 1. The molecule has 35 heavy (non-hydrogen) atoms. The van der Waals surface area contributed by atoms with E-state index in [1.165, 1.54) is 0 Å². The minimum absolute atomic E-state index is 0.111. The molecule has 1 N–H and O–H groups in total. The van der Waals surface area contributed by atoms with Crippen molar-refractivity contribution in [1.82, 2.24) is 10.3 Å². The van der Waals surface area contributed by atoms with Gasteiger partial charge in [0, 0.05) is 23.9 Å². The Hall–Kier alpha value is -3.36. The van der Waals surface area contributed by atoms with E-state index in [0.717, 1.165) is 30.0 Å². The van der Waals surface area contributed by atoms with E-state index in [9.17, 15) is 18.8 Å². The van der Waals surface area contributed by atoms with Crippen molar-refractivity contribution in [2.24, 2.45) is 17.0 Å². The van der Waals surface area contributed by atoms with Gasteiger partial charge in [0.15, 0.2) is 5.78 Å². The van der Waals surface area contributed by atoms with E-state index in [-0.39, 0.29) is 18.9 Å². The number of hydrogen-bond donors (Lipinski definition) is 1. The molecule has 186 valence electrons. The highest BCUT2D eigenvalue weighted by atomic mass is 19.1. The lowest BCUT2D eigenvalue weighted by atomic mass is 9.83. The van der Waals surface area contributed by atoms with Crippen LogP contribution in [0.4, 0.5) is 4.39 Å². The molecule has 1 aliphatic carbocycles. The Balaban J connectivity index is 1.49. The standard InChI is InChI=1S/C26H30FN3O5/c1-16(2)26(13-21(30-35-26)24-19-9-4-3-8-18(19)10-11-28-24)25(33)29-20(22(31)14-27)12-23(32)34-15-17-6-5-7-17/h3-4,8-11,16-17,20H,5-7,12-15H2,1-2H3,(H,29,33)/t20-,26+/m0/s1. The molecule has 2 heterocycles. The summed E-state index contributed by atoms with van der Waals surface area (Å²) in [6.07, 6.45) is 4.45. The van der Waals surface area contributed by atoms with Crippen LogP contribution in [0.2, 0.25) is 0 Å². The number of benzene rings is 1. The molecule has 0 unspecified atom stereocenters. The van der Waals surface area contributed by atoms with Crippen molar-refractivity contribution in [2.75, 3.05) is 13.3 Å². The van der Waals surface area contributed by atoms with E-state index in [4.69, 9.17) is 9.57 Å². The molecule has 1 fully saturated rings. The fourth-order valence-electron chi connectivity index (χ4n) is 4.33. The third-order valence-corrected chi connectivity index (χ3v) is 6.91. The zero-order valence-corrected chi connectivity index (χ0v) is 20.0. The van der Waals surface area contributed by atoms with Gasteiger partial charge in [0.1, 0.15) is 18.4 Å². The Bertz CT molecular complexity index is 1140. The molecule has 2 atom stereocenters. The summed E-state index contributed by atoms with van der Waals surface area (Å²) in [5.41, 5.74) is -0.327. The Labute approximate surface area is 203 Å². The van der Waals surface area contributed by atoms with Crippen LogP contribution < -0.4 is 5.32 Å². The van der Waals surface area contributed by atoms with Gasteiger partial charge < -0.3 is 14.9 Å². The number of nitrogens with zero attached hydrogens (tertiary/aromatic N) is 2. The molecule has 2 aromatic rings. The Morgan fingerprint density at radius 3 is 2.69 bits per heavy atom. The Kier molecular flexibility index (Phi) is 7.42. The van der Waals surface area contributed by atoms with Gasteiger partial charge in [0.2, 0.25) is 5.60 Å². The Morgan fingerprint density at radius 2 is 2.00 bits per heavy atom. The van der Waals surface area contributed by atoms with Crippen LogP contribution in [-0.2, 0) is 24.0 Å². The number of alkyl halides is 1. The first-order valence-electron chi connectivity index (χ1n) is 12.0. The van der Waals surface area contributed by atoms with E-state index >= 15 is 0 Å². The number of pyridine rings is 1.